The number of ether oxygens (including phenoxy) is 1. The van der Waals surface area contributed by atoms with Crippen LogP contribution >= 0.6 is 0 Å². The molecule has 2 aliphatic rings. The molecule has 1 aromatic rings. The van der Waals surface area contributed by atoms with Crippen molar-refractivity contribution in [2.24, 2.45) is 5.92 Å². The van der Waals surface area contributed by atoms with Crippen LogP contribution < -0.4 is 5.32 Å². The van der Waals surface area contributed by atoms with Crippen molar-refractivity contribution in [3.63, 3.8) is 0 Å². The van der Waals surface area contributed by atoms with Crippen LogP contribution in [0.25, 0.3) is 0 Å². The molecule has 0 aliphatic carbocycles. The molecule has 0 saturated carbocycles. The Morgan fingerprint density at radius 1 is 1.22 bits per heavy atom. The fraction of sp³-hybridized carbons (Fsp3) is 0.684. The molecule has 3 rings (SSSR count). The number of amides is 2. The predicted octanol–water partition coefficient (Wildman–Crippen LogP) is 2.38. The number of aromatic nitrogens is 2. The maximum absolute atomic E-state index is 12.7. The highest BCUT2D eigenvalue weighted by atomic mass is 16.6. The summed E-state index contributed by atoms with van der Waals surface area (Å²) in [6.07, 6.45) is 5.18. The molecule has 0 aromatic carbocycles. The molecule has 2 saturated heterocycles. The molecule has 2 amide bonds. The van der Waals surface area contributed by atoms with E-state index in [9.17, 15) is 9.59 Å². The quantitative estimate of drug-likeness (QED) is 0.869. The molecule has 3 heterocycles. The van der Waals surface area contributed by atoms with Crippen molar-refractivity contribution < 1.29 is 14.3 Å². The minimum Gasteiger partial charge on any atom is -0.450 e. The van der Waals surface area contributed by atoms with Crippen LogP contribution in [0.2, 0.25) is 0 Å². The summed E-state index contributed by atoms with van der Waals surface area (Å²) in [5, 5.41) is 3.31. The third kappa shape index (κ3) is 5.08. The highest BCUT2D eigenvalue weighted by Gasteiger charge is 2.25. The Bertz CT molecular complexity index is 661. The van der Waals surface area contributed by atoms with E-state index in [1.165, 1.54) is 6.42 Å². The molecule has 1 N–H and O–H groups in total. The predicted molar refractivity (Wildman–Crippen MR) is 102 cm³/mol. The molecule has 1 aromatic heterocycles. The molecule has 27 heavy (non-hydrogen) atoms. The number of carbonyl (C=O) groups excluding carboxylic acids is 2. The number of anilines is 1. The van der Waals surface area contributed by atoms with E-state index in [0.29, 0.717) is 37.3 Å². The van der Waals surface area contributed by atoms with E-state index in [0.717, 1.165) is 32.4 Å². The second-order valence-electron chi connectivity index (χ2n) is 7.37. The molecule has 8 nitrogen and oxygen atoms in total. The van der Waals surface area contributed by atoms with Gasteiger partial charge in [-0.05, 0) is 44.6 Å². The molecule has 8 heteroatoms. The zero-order valence-electron chi connectivity index (χ0n) is 16.2. The van der Waals surface area contributed by atoms with E-state index in [4.69, 9.17) is 4.74 Å². The summed E-state index contributed by atoms with van der Waals surface area (Å²) in [6, 6.07) is 1.85. The lowest BCUT2D eigenvalue weighted by Crippen LogP contribution is -2.43. The fourth-order valence-electron chi connectivity index (χ4n) is 3.69. The number of piperidine rings is 2. The van der Waals surface area contributed by atoms with Gasteiger partial charge in [-0.25, -0.2) is 14.8 Å². The van der Waals surface area contributed by atoms with Crippen molar-refractivity contribution in [3.05, 3.63) is 18.0 Å². The largest absolute Gasteiger partial charge is 0.450 e. The molecule has 2 aliphatic heterocycles. The van der Waals surface area contributed by atoms with Gasteiger partial charge in [0.1, 0.15) is 5.69 Å². The van der Waals surface area contributed by atoms with E-state index >= 15 is 0 Å². The van der Waals surface area contributed by atoms with Crippen LogP contribution in [0.5, 0.6) is 0 Å². The standard InChI is InChI=1S/C19H29N5O3/c1-3-27-19(26)23-11-7-15(8-12-23)21-18-20-9-6-16(22-18)17(25)24-10-4-5-14(2)13-24/h6,9,14-15H,3-5,7-8,10-13H2,1-2H3,(H,20,21,22). The minimum absolute atomic E-state index is 0.0240. The number of nitrogens with one attached hydrogen (secondary N) is 1. The van der Waals surface area contributed by atoms with E-state index in [1.807, 2.05) is 11.8 Å². The van der Waals surface area contributed by atoms with Gasteiger partial charge in [0, 0.05) is 38.4 Å². The number of hydrogen-bond acceptors (Lipinski definition) is 6. The first-order valence-electron chi connectivity index (χ1n) is 9.87. The number of hydrogen-bond donors (Lipinski definition) is 1. The van der Waals surface area contributed by atoms with Crippen LogP contribution in [0.1, 0.15) is 50.0 Å². The molecule has 1 atom stereocenters. The molecular weight excluding hydrogens is 346 g/mol. The van der Waals surface area contributed by atoms with Crippen LogP contribution in [0, 0.1) is 5.92 Å². The van der Waals surface area contributed by atoms with Gasteiger partial charge < -0.3 is 19.9 Å². The van der Waals surface area contributed by atoms with Gasteiger partial charge in [-0.3, -0.25) is 4.79 Å². The molecule has 1 unspecified atom stereocenters. The van der Waals surface area contributed by atoms with Crippen LogP contribution in [-0.2, 0) is 4.74 Å². The third-order valence-electron chi connectivity index (χ3n) is 5.17. The first-order valence-corrected chi connectivity index (χ1v) is 9.87. The fourth-order valence-corrected chi connectivity index (χ4v) is 3.69. The average Bonchev–Trinajstić information content (AvgIpc) is 2.68. The number of nitrogens with zero attached hydrogens (tertiary/aromatic N) is 4. The van der Waals surface area contributed by atoms with Gasteiger partial charge in [-0.1, -0.05) is 6.92 Å². The smallest absolute Gasteiger partial charge is 0.409 e. The first kappa shape index (κ1) is 19.4. The highest BCUT2D eigenvalue weighted by Crippen LogP contribution is 2.18. The van der Waals surface area contributed by atoms with Crippen molar-refractivity contribution in [2.45, 2.75) is 45.6 Å². The Hall–Kier alpha value is -2.38. The summed E-state index contributed by atoms with van der Waals surface area (Å²) < 4.78 is 5.04. The van der Waals surface area contributed by atoms with Crippen molar-refractivity contribution in [3.8, 4) is 0 Å². The third-order valence-corrected chi connectivity index (χ3v) is 5.17. The monoisotopic (exact) mass is 375 g/mol. The highest BCUT2D eigenvalue weighted by molar-refractivity contribution is 5.92. The molecule has 0 radical (unpaired) electrons. The van der Waals surface area contributed by atoms with Crippen molar-refractivity contribution in [2.75, 3.05) is 38.1 Å². The van der Waals surface area contributed by atoms with Crippen molar-refractivity contribution in [1.82, 2.24) is 19.8 Å². The molecular formula is C19H29N5O3. The van der Waals surface area contributed by atoms with Crippen molar-refractivity contribution in [1.29, 1.82) is 0 Å². The number of likely N-dealkylation sites (tertiary alicyclic amines) is 2. The van der Waals surface area contributed by atoms with Gasteiger partial charge in [0.15, 0.2) is 0 Å². The Morgan fingerprint density at radius 2 is 2.00 bits per heavy atom. The number of carbonyl (C=O) groups is 2. The molecule has 2 fully saturated rings. The number of rotatable bonds is 4. The average molecular weight is 375 g/mol. The van der Waals surface area contributed by atoms with Gasteiger partial charge in [0.25, 0.3) is 5.91 Å². The minimum atomic E-state index is -0.254. The van der Waals surface area contributed by atoms with Crippen molar-refractivity contribution >= 4 is 17.9 Å². The normalized spacial score (nSPS) is 21.0. The van der Waals surface area contributed by atoms with Crippen LogP contribution in [0.4, 0.5) is 10.7 Å². The summed E-state index contributed by atoms with van der Waals surface area (Å²) in [7, 11) is 0. The van der Waals surface area contributed by atoms with Gasteiger partial charge in [0.2, 0.25) is 5.95 Å². The summed E-state index contributed by atoms with van der Waals surface area (Å²) in [5.41, 5.74) is 0.436. The van der Waals surface area contributed by atoms with Gasteiger partial charge >= 0.3 is 6.09 Å². The Morgan fingerprint density at radius 3 is 2.70 bits per heavy atom. The molecule has 148 valence electrons. The Kier molecular flexibility index (Phi) is 6.47. The first-order chi connectivity index (χ1) is 13.1. The maximum Gasteiger partial charge on any atom is 0.409 e. The summed E-state index contributed by atoms with van der Waals surface area (Å²) in [6.45, 7) is 7.24. The molecule has 0 bridgehead atoms. The van der Waals surface area contributed by atoms with Crippen LogP contribution in [0.15, 0.2) is 12.3 Å². The SMILES string of the molecule is CCOC(=O)N1CCC(Nc2nccc(C(=O)N3CCCC(C)C3)n2)CC1. The Balaban J connectivity index is 1.55. The summed E-state index contributed by atoms with van der Waals surface area (Å²) in [4.78, 5) is 36.8. The zero-order chi connectivity index (χ0) is 19.2. The lowest BCUT2D eigenvalue weighted by Gasteiger charge is -2.32. The van der Waals surface area contributed by atoms with E-state index in [2.05, 4.69) is 22.2 Å². The van der Waals surface area contributed by atoms with Gasteiger partial charge in [-0.2, -0.15) is 0 Å². The lowest BCUT2D eigenvalue weighted by molar-refractivity contribution is 0.0676. The summed E-state index contributed by atoms with van der Waals surface area (Å²) >= 11 is 0. The topological polar surface area (TPSA) is 87.7 Å². The van der Waals surface area contributed by atoms with Gasteiger partial charge in [-0.15, -0.1) is 0 Å². The second-order valence-corrected chi connectivity index (χ2v) is 7.37. The lowest BCUT2D eigenvalue weighted by atomic mass is 10.00. The second kappa shape index (κ2) is 9.01. The summed E-state index contributed by atoms with van der Waals surface area (Å²) in [5.74, 6) is 0.983. The maximum atomic E-state index is 12.7. The molecule has 0 spiro atoms. The zero-order valence-corrected chi connectivity index (χ0v) is 16.2. The van der Waals surface area contributed by atoms with Gasteiger partial charge in [0.05, 0.1) is 6.61 Å². The Labute approximate surface area is 160 Å². The van der Waals surface area contributed by atoms with Crippen LogP contribution in [-0.4, -0.2) is 70.6 Å². The van der Waals surface area contributed by atoms with E-state index < -0.39 is 0 Å². The van der Waals surface area contributed by atoms with E-state index in [-0.39, 0.29) is 18.0 Å². The van der Waals surface area contributed by atoms with Crippen LogP contribution in [0.3, 0.4) is 0 Å². The van der Waals surface area contributed by atoms with E-state index in [1.54, 1.807) is 17.2 Å².